The summed E-state index contributed by atoms with van der Waals surface area (Å²) in [4.78, 5) is 29.5. The lowest BCUT2D eigenvalue weighted by molar-refractivity contribution is -0.130. The summed E-state index contributed by atoms with van der Waals surface area (Å²) in [5, 5.41) is 0.486. The molecule has 3 rings (SSSR count). The highest BCUT2D eigenvalue weighted by molar-refractivity contribution is 6.31. The van der Waals surface area contributed by atoms with Crippen molar-refractivity contribution in [3.63, 3.8) is 0 Å². The maximum atomic E-state index is 12.0. The number of nitrogens with zero attached hydrogens (tertiary/aromatic N) is 2. The van der Waals surface area contributed by atoms with Crippen LogP contribution in [0.2, 0.25) is 5.02 Å². The number of hydrogen-bond acceptors (Lipinski definition) is 4. The van der Waals surface area contributed by atoms with Gasteiger partial charge in [-0.25, -0.2) is 9.79 Å². The molecule has 0 N–H and O–H groups in total. The number of halogens is 1. The largest absolute Gasteiger partial charge is 0.402 e. The van der Waals surface area contributed by atoms with Gasteiger partial charge in [-0.05, 0) is 30.3 Å². The SMILES string of the molecule is CC(=O)N(/C=C1/N=C(c2ccccc2)OC1=O)c1cccc(Cl)c1. The molecule has 0 bridgehead atoms. The van der Waals surface area contributed by atoms with Gasteiger partial charge in [-0.1, -0.05) is 35.9 Å². The number of benzene rings is 2. The number of carbonyl (C=O) groups excluding carboxylic acids is 2. The Morgan fingerprint density at radius 2 is 1.92 bits per heavy atom. The first-order chi connectivity index (χ1) is 11.5. The average Bonchev–Trinajstić information content (AvgIpc) is 2.94. The Morgan fingerprint density at radius 1 is 1.17 bits per heavy atom. The summed E-state index contributed by atoms with van der Waals surface area (Å²) in [5.41, 5.74) is 1.27. The molecule has 0 atom stereocenters. The standard InChI is InChI=1S/C18H13ClN2O3/c1-12(22)21(15-9-5-8-14(19)10-15)11-16-18(23)24-17(20-16)13-6-3-2-4-7-13/h2-11H,1H3/b16-11+. The van der Waals surface area contributed by atoms with E-state index in [2.05, 4.69) is 4.99 Å². The molecule has 6 heteroatoms. The highest BCUT2D eigenvalue weighted by Crippen LogP contribution is 2.23. The number of aliphatic imine (C=N–C) groups is 1. The fourth-order valence-corrected chi connectivity index (χ4v) is 2.38. The number of amides is 1. The van der Waals surface area contributed by atoms with Crippen molar-refractivity contribution in [2.75, 3.05) is 4.90 Å². The molecule has 0 fully saturated rings. The Morgan fingerprint density at radius 3 is 2.58 bits per heavy atom. The van der Waals surface area contributed by atoms with Crippen LogP contribution in [0.1, 0.15) is 12.5 Å². The third kappa shape index (κ3) is 3.36. The minimum absolute atomic E-state index is 0.0454. The van der Waals surface area contributed by atoms with Gasteiger partial charge in [0.25, 0.3) is 0 Å². The van der Waals surface area contributed by atoms with Gasteiger partial charge in [-0.2, -0.15) is 0 Å². The second kappa shape index (κ2) is 6.68. The molecule has 24 heavy (non-hydrogen) atoms. The number of cyclic esters (lactones) is 1. The summed E-state index contributed by atoms with van der Waals surface area (Å²) in [6, 6.07) is 15.8. The summed E-state index contributed by atoms with van der Waals surface area (Å²) in [6.07, 6.45) is 1.35. The van der Waals surface area contributed by atoms with E-state index >= 15 is 0 Å². The highest BCUT2D eigenvalue weighted by atomic mass is 35.5. The predicted octanol–water partition coefficient (Wildman–Crippen LogP) is 3.54. The highest BCUT2D eigenvalue weighted by Gasteiger charge is 2.25. The first-order valence-electron chi connectivity index (χ1n) is 7.18. The van der Waals surface area contributed by atoms with Gasteiger partial charge in [0.05, 0.1) is 0 Å². The number of anilines is 1. The molecule has 120 valence electrons. The zero-order valence-electron chi connectivity index (χ0n) is 12.8. The van der Waals surface area contributed by atoms with Crippen molar-refractivity contribution in [3.05, 3.63) is 77.1 Å². The lowest BCUT2D eigenvalue weighted by Gasteiger charge is -2.16. The van der Waals surface area contributed by atoms with E-state index in [4.69, 9.17) is 16.3 Å². The third-order valence-electron chi connectivity index (χ3n) is 3.32. The maximum Gasteiger partial charge on any atom is 0.365 e. The van der Waals surface area contributed by atoms with Crippen molar-refractivity contribution in [2.24, 2.45) is 4.99 Å². The number of hydrogen-bond donors (Lipinski definition) is 0. The second-order valence-electron chi connectivity index (χ2n) is 5.06. The van der Waals surface area contributed by atoms with Gasteiger partial charge in [0.2, 0.25) is 11.8 Å². The summed E-state index contributed by atoms with van der Waals surface area (Å²) in [7, 11) is 0. The summed E-state index contributed by atoms with van der Waals surface area (Å²) >= 11 is 5.96. The van der Waals surface area contributed by atoms with Crippen molar-refractivity contribution in [1.29, 1.82) is 0 Å². The van der Waals surface area contributed by atoms with Gasteiger partial charge in [0, 0.05) is 29.4 Å². The number of ether oxygens (including phenoxy) is 1. The van der Waals surface area contributed by atoms with Crippen LogP contribution in [0.15, 0.2) is 71.5 Å². The van der Waals surface area contributed by atoms with Crippen molar-refractivity contribution >= 4 is 35.1 Å². The fourth-order valence-electron chi connectivity index (χ4n) is 2.20. The van der Waals surface area contributed by atoms with E-state index in [1.54, 1.807) is 36.4 Å². The monoisotopic (exact) mass is 340 g/mol. The van der Waals surface area contributed by atoms with Crippen LogP contribution in [-0.2, 0) is 14.3 Å². The molecule has 1 amide bonds. The van der Waals surface area contributed by atoms with Crippen LogP contribution in [-0.4, -0.2) is 17.8 Å². The van der Waals surface area contributed by atoms with Gasteiger partial charge in [-0.3, -0.25) is 9.69 Å². The lowest BCUT2D eigenvalue weighted by atomic mass is 10.2. The topological polar surface area (TPSA) is 59.0 Å². The minimum atomic E-state index is -0.609. The van der Waals surface area contributed by atoms with Crippen LogP contribution in [0.5, 0.6) is 0 Å². The van der Waals surface area contributed by atoms with Gasteiger partial charge in [0.15, 0.2) is 5.70 Å². The average molecular weight is 341 g/mol. The van der Waals surface area contributed by atoms with Crippen LogP contribution in [0.4, 0.5) is 5.69 Å². The molecule has 1 heterocycles. The normalized spacial score (nSPS) is 15.2. The molecule has 0 spiro atoms. The van der Waals surface area contributed by atoms with Crippen LogP contribution in [0, 0.1) is 0 Å². The van der Waals surface area contributed by atoms with Gasteiger partial charge >= 0.3 is 5.97 Å². The van der Waals surface area contributed by atoms with Gasteiger partial charge in [0.1, 0.15) is 0 Å². The van der Waals surface area contributed by atoms with Crippen molar-refractivity contribution < 1.29 is 14.3 Å². The quantitative estimate of drug-likeness (QED) is 0.634. The molecule has 0 saturated carbocycles. The molecule has 2 aromatic carbocycles. The lowest BCUT2D eigenvalue weighted by Crippen LogP contribution is -2.23. The molecule has 1 aliphatic rings. The Balaban J connectivity index is 1.97. The minimum Gasteiger partial charge on any atom is -0.402 e. The van der Waals surface area contributed by atoms with E-state index in [0.717, 1.165) is 0 Å². The van der Waals surface area contributed by atoms with E-state index in [9.17, 15) is 9.59 Å². The van der Waals surface area contributed by atoms with E-state index in [-0.39, 0.29) is 17.5 Å². The van der Waals surface area contributed by atoms with Crippen LogP contribution >= 0.6 is 11.6 Å². The zero-order chi connectivity index (χ0) is 17.1. The molecule has 0 aromatic heterocycles. The van der Waals surface area contributed by atoms with Crippen LogP contribution < -0.4 is 4.90 Å². The van der Waals surface area contributed by atoms with Crippen molar-refractivity contribution in [2.45, 2.75) is 6.92 Å². The molecular weight excluding hydrogens is 328 g/mol. The van der Waals surface area contributed by atoms with Crippen molar-refractivity contribution in [3.8, 4) is 0 Å². The predicted molar refractivity (Wildman–Crippen MR) is 91.8 cm³/mol. The zero-order valence-corrected chi connectivity index (χ0v) is 13.5. The van der Waals surface area contributed by atoms with Crippen LogP contribution in [0.3, 0.4) is 0 Å². The molecule has 0 radical (unpaired) electrons. The Labute approximate surface area is 143 Å². The molecule has 1 aliphatic heterocycles. The van der Waals surface area contributed by atoms with Gasteiger partial charge < -0.3 is 4.74 Å². The fraction of sp³-hybridized carbons (Fsp3) is 0.0556. The maximum absolute atomic E-state index is 12.0. The smallest absolute Gasteiger partial charge is 0.365 e. The molecule has 2 aromatic rings. The summed E-state index contributed by atoms with van der Waals surface area (Å²) < 4.78 is 5.18. The molecular formula is C18H13ClN2O3. The van der Waals surface area contributed by atoms with E-state index < -0.39 is 5.97 Å². The van der Waals surface area contributed by atoms with Crippen LogP contribution in [0.25, 0.3) is 0 Å². The number of rotatable bonds is 3. The summed E-state index contributed by atoms with van der Waals surface area (Å²) in [6.45, 7) is 1.39. The van der Waals surface area contributed by atoms with Gasteiger partial charge in [-0.15, -0.1) is 0 Å². The molecule has 0 saturated heterocycles. The molecule has 5 nitrogen and oxygen atoms in total. The number of esters is 1. The Bertz CT molecular complexity index is 860. The number of carbonyl (C=O) groups is 2. The van der Waals surface area contributed by atoms with E-state index in [0.29, 0.717) is 16.3 Å². The van der Waals surface area contributed by atoms with E-state index in [1.165, 1.54) is 18.0 Å². The second-order valence-corrected chi connectivity index (χ2v) is 5.49. The first-order valence-corrected chi connectivity index (χ1v) is 7.56. The summed E-state index contributed by atoms with van der Waals surface area (Å²) in [5.74, 6) is -0.676. The molecule has 0 unspecified atom stereocenters. The van der Waals surface area contributed by atoms with Crippen molar-refractivity contribution in [1.82, 2.24) is 0 Å². The third-order valence-corrected chi connectivity index (χ3v) is 3.55. The Kier molecular flexibility index (Phi) is 4.44. The van der Waals surface area contributed by atoms with E-state index in [1.807, 2.05) is 18.2 Å². The Hall–Kier alpha value is -2.92. The molecule has 0 aliphatic carbocycles. The first kappa shape index (κ1) is 16.0.